The SMILES string of the molecule is C.CC(CCc1ccc(Cl)c(Cl)c1)CCc1ccccn1. The van der Waals surface area contributed by atoms with Crippen molar-refractivity contribution in [2.24, 2.45) is 5.92 Å². The molecule has 1 aromatic heterocycles. The average Bonchev–Trinajstić information content (AvgIpc) is 2.47. The molecule has 1 heterocycles. The van der Waals surface area contributed by atoms with Crippen LogP contribution in [-0.2, 0) is 12.8 Å². The van der Waals surface area contributed by atoms with Crippen LogP contribution in [0.1, 0.15) is 38.4 Å². The Labute approximate surface area is 138 Å². The van der Waals surface area contributed by atoms with E-state index in [0.717, 1.165) is 19.3 Å². The minimum Gasteiger partial charge on any atom is -0.261 e. The van der Waals surface area contributed by atoms with E-state index in [1.165, 1.54) is 17.7 Å². The normalized spacial score (nSPS) is 11.8. The summed E-state index contributed by atoms with van der Waals surface area (Å²) in [4.78, 5) is 4.36. The largest absolute Gasteiger partial charge is 0.261 e. The van der Waals surface area contributed by atoms with Crippen molar-refractivity contribution in [3.63, 3.8) is 0 Å². The maximum Gasteiger partial charge on any atom is 0.0595 e. The van der Waals surface area contributed by atoms with Crippen LogP contribution in [-0.4, -0.2) is 4.98 Å². The Kier molecular flexibility index (Phi) is 7.77. The quantitative estimate of drug-likeness (QED) is 0.614. The van der Waals surface area contributed by atoms with Crippen LogP contribution >= 0.6 is 23.2 Å². The Morgan fingerprint density at radius 2 is 1.76 bits per heavy atom. The monoisotopic (exact) mass is 323 g/mol. The Morgan fingerprint density at radius 3 is 2.43 bits per heavy atom. The Balaban J connectivity index is 0.00000220. The van der Waals surface area contributed by atoms with Crippen LogP contribution in [0.4, 0.5) is 0 Å². The lowest BCUT2D eigenvalue weighted by Gasteiger charge is -2.11. The first-order valence-corrected chi connectivity index (χ1v) is 7.74. The molecule has 3 heteroatoms. The van der Waals surface area contributed by atoms with E-state index in [9.17, 15) is 0 Å². The summed E-state index contributed by atoms with van der Waals surface area (Å²) in [6, 6.07) is 12.0. The van der Waals surface area contributed by atoms with E-state index in [0.29, 0.717) is 16.0 Å². The molecule has 0 aliphatic rings. The lowest BCUT2D eigenvalue weighted by atomic mass is 9.96. The molecule has 0 spiro atoms. The average molecular weight is 324 g/mol. The fourth-order valence-electron chi connectivity index (χ4n) is 2.19. The van der Waals surface area contributed by atoms with Crippen molar-refractivity contribution in [3.8, 4) is 0 Å². The van der Waals surface area contributed by atoms with Gasteiger partial charge in [0.1, 0.15) is 0 Å². The molecule has 0 aliphatic carbocycles. The van der Waals surface area contributed by atoms with Crippen molar-refractivity contribution in [2.45, 2.75) is 40.0 Å². The molecule has 0 bridgehead atoms. The van der Waals surface area contributed by atoms with Crippen LogP contribution in [0.2, 0.25) is 10.0 Å². The molecule has 114 valence electrons. The van der Waals surface area contributed by atoms with Gasteiger partial charge in [-0.2, -0.15) is 0 Å². The van der Waals surface area contributed by atoms with Gasteiger partial charge in [-0.25, -0.2) is 0 Å². The number of benzene rings is 1. The van der Waals surface area contributed by atoms with Gasteiger partial charge in [-0.1, -0.05) is 49.7 Å². The van der Waals surface area contributed by atoms with Gasteiger partial charge in [-0.05, 0) is 61.4 Å². The highest BCUT2D eigenvalue weighted by Crippen LogP contribution is 2.24. The van der Waals surface area contributed by atoms with Crippen LogP contribution in [0.5, 0.6) is 0 Å². The summed E-state index contributed by atoms with van der Waals surface area (Å²) in [5.41, 5.74) is 2.43. The zero-order chi connectivity index (χ0) is 14.4. The third-order valence-electron chi connectivity index (χ3n) is 3.53. The van der Waals surface area contributed by atoms with Crippen LogP contribution < -0.4 is 0 Å². The van der Waals surface area contributed by atoms with Crippen molar-refractivity contribution >= 4 is 23.2 Å². The summed E-state index contributed by atoms with van der Waals surface area (Å²) < 4.78 is 0. The zero-order valence-corrected chi connectivity index (χ0v) is 13.2. The van der Waals surface area contributed by atoms with Gasteiger partial charge < -0.3 is 0 Å². The van der Waals surface area contributed by atoms with E-state index in [2.05, 4.69) is 24.0 Å². The molecule has 0 aliphatic heterocycles. The second-order valence-electron chi connectivity index (χ2n) is 5.25. The van der Waals surface area contributed by atoms with Crippen molar-refractivity contribution in [2.75, 3.05) is 0 Å². The number of aromatic nitrogens is 1. The first-order chi connectivity index (χ1) is 9.65. The highest BCUT2D eigenvalue weighted by Gasteiger charge is 2.05. The zero-order valence-electron chi connectivity index (χ0n) is 11.7. The number of halogens is 2. The van der Waals surface area contributed by atoms with Crippen molar-refractivity contribution in [1.82, 2.24) is 4.98 Å². The van der Waals surface area contributed by atoms with E-state index in [-0.39, 0.29) is 7.43 Å². The van der Waals surface area contributed by atoms with Crippen LogP contribution in [0.3, 0.4) is 0 Å². The molecular formula is C18H23Cl2N. The van der Waals surface area contributed by atoms with E-state index >= 15 is 0 Å². The number of pyridine rings is 1. The maximum absolute atomic E-state index is 6.03. The summed E-state index contributed by atoms with van der Waals surface area (Å²) >= 11 is 12.0. The van der Waals surface area contributed by atoms with Crippen LogP contribution in [0.25, 0.3) is 0 Å². The summed E-state index contributed by atoms with van der Waals surface area (Å²) in [5, 5.41) is 1.27. The Hall–Kier alpha value is -1.05. The predicted octanol–water partition coefficient (Wildman–Crippen LogP) is 6.23. The smallest absolute Gasteiger partial charge is 0.0595 e. The Bertz CT molecular complexity index is 540. The molecule has 1 atom stereocenters. The van der Waals surface area contributed by atoms with E-state index < -0.39 is 0 Å². The number of hydrogen-bond donors (Lipinski definition) is 0. The van der Waals surface area contributed by atoms with Gasteiger partial charge in [0, 0.05) is 11.9 Å². The first kappa shape index (κ1) is 18.0. The van der Waals surface area contributed by atoms with Crippen molar-refractivity contribution in [3.05, 3.63) is 63.9 Å². The first-order valence-electron chi connectivity index (χ1n) is 6.99. The van der Waals surface area contributed by atoms with E-state index in [4.69, 9.17) is 23.2 Å². The number of aryl methyl sites for hydroxylation is 2. The molecule has 0 saturated carbocycles. The predicted molar refractivity (Wildman–Crippen MR) is 93.2 cm³/mol. The maximum atomic E-state index is 6.03. The summed E-state index contributed by atoms with van der Waals surface area (Å²) in [5.74, 6) is 0.673. The van der Waals surface area contributed by atoms with Crippen molar-refractivity contribution < 1.29 is 0 Å². The van der Waals surface area contributed by atoms with Gasteiger partial charge >= 0.3 is 0 Å². The van der Waals surface area contributed by atoms with Gasteiger partial charge in [-0.15, -0.1) is 0 Å². The van der Waals surface area contributed by atoms with Crippen LogP contribution in [0, 0.1) is 5.92 Å². The second kappa shape index (κ2) is 9.07. The number of hydrogen-bond acceptors (Lipinski definition) is 1. The van der Waals surface area contributed by atoms with E-state index in [1.807, 2.05) is 30.5 Å². The molecule has 1 unspecified atom stereocenters. The van der Waals surface area contributed by atoms with E-state index in [1.54, 1.807) is 0 Å². The fraction of sp³-hybridized carbons (Fsp3) is 0.389. The fourth-order valence-corrected chi connectivity index (χ4v) is 2.51. The second-order valence-corrected chi connectivity index (χ2v) is 6.07. The third-order valence-corrected chi connectivity index (χ3v) is 4.27. The van der Waals surface area contributed by atoms with Gasteiger partial charge in [0.15, 0.2) is 0 Å². The molecule has 0 saturated heterocycles. The molecule has 1 aromatic carbocycles. The summed E-state index contributed by atoms with van der Waals surface area (Å²) in [7, 11) is 0. The topological polar surface area (TPSA) is 12.9 Å². The van der Waals surface area contributed by atoms with Crippen molar-refractivity contribution in [1.29, 1.82) is 0 Å². The molecule has 21 heavy (non-hydrogen) atoms. The number of nitrogens with zero attached hydrogens (tertiary/aromatic N) is 1. The van der Waals surface area contributed by atoms with Gasteiger partial charge in [0.2, 0.25) is 0 Å². The summed E-state index contributed by atoms with van der Waals surface area (Å²) in [6.45, 7) is 2.29. The molecule has 1 nitrogen and oxygen atoms in total. The lowest BCUT2D eigenvalue weighted by molar-refractivity contribution is 0.490. The lowest BCUT2D eigenvalue weighted by Crippen LogP contribution is -2.01. The molecule has 0 radical (unpaired) electrons. The Morgan fingerprint density at radius 1 is 1.00 bits per heavy atom. The highest BCUT2D eigenvalue weighted by molar-refractivity contribution is 6.42. The molecule has 0 N–H and O–H groups in total. The van der Waals surface area contributed by atoms with Gasteiger partial charge in [0.05, 0.1) is 10.0 Å². The number of rotatable bonds is 6. The molecule has 2 rings (SSSR count). The molecule has 0 fully saturated rings. The third kappa shape index (κ3) is 6.07. The molecule has 2 aromatic rings. The highest BCUT2D eigenvalue weighted by atomic mass is 35.5. The van der Waals surface area contributed by atoms with Crippen LogP contribution in [0.15, 0.2) is 42.6 Å². The minimum atomic E-state index is 0. The molecular weight excluding hydrogens is 301 g/mol. The standard InChI is InChI=1S/C17H19Cl2N.CH4/c1-13(6-9-15-4-2-3-11-20-15)5-7-14-8-10-16(18)17(19)12-14;/h2-4,8,10-13H,5-7,9H2,1H3;1H4. The minimum absolute atomic E-state index is 0. The summed E-state index contributed by atoms with van der Waals surface area (Å²) in [6.07, 6.45) is 6.27. The molecule has 0 amide bonds. The van der Waals surface area contributed by atoms with Gasteiger partial charge in [-0.3, -0.25) is 4.98 Å². The van der Waals surface area contributed by atoms with Gasteiger partial charge in [0.25, 0.3) is 0 Å².